The highest BCUT2D eigenvalue weighted by Crippen LogP contribution is 2.18. The predicted molar refractivity (Wildman–Crippen MR) is 63.6 cm³/mol. The molecule has 4 heteroatoms. The van der Waals surface area contributed by atoms with Crippen LogP contribution in [0.25, 0.3) is 11.0 Å². The summed E-state index contributed by atoms with van der Waals surface area (Å²) in [6.45, 7) is 0. The molecule has 0 amide bonds. The van der Waals surface area contributed by atoms with Crippen molar-refractivity contribution in [2.24, 2.45) is 0 Å². The molecule has 0 aliphatic rings. The van der Waals surface area contributed by atoms with E-state index in [-0.39, 0.29) is 0 Å². The number of imidazole rings is 1. The molecule has 1 aromatic carbocycles. The Bertz CT molecular complexity index is 600. The standard InChI is InChI=1S/C12H10N4/c1-2-6-13-12(3-1)16-9-4-5-10-11(7-9)15-8-14-10/h1-8H,(H,13,16)(H,14,15). The van der Waals surface area contributed by atoms with Gasteiger partial charge in [-0.05, 0) is 30.3 Å². The molecule has 0 saturated heterocycles. The van der Waals surface area contributed by atoms with E-state index in [1.807, 2.05) is 36.4 Å². The molecule has 0 bridgehead atoms. The van der Waals surface area contributed by atoms with Crippen LogP contribution in [0.1, 0.15) is 0 Å². The van der Waals surface area contributed by atoms with Gasteiger partial charge in [-0.2, -0.15) is 0 Å². The van der Waals surface area contributed by atoms with Crippen molar-refractivity contribution < 1.29 is 0 Å². The Hall–Kier alpha value is -2.36. The Labute approximate surface area is 92.4 Å². The van der Waals surface area contributed by atoms with Crippen LogP contribution in [-0.2, 0) is 0 Å². The molecule has 78 valence electrons. The van der Waals surface area contributed by atoms with Crippen molar-refractivity contribution in [2.75, 3.05) is 5.32 Å². The van der Waals surface area contributed by atoms with Crippen molar-refractivity contribution in [2.45, 2.75) is 0 Å². The lowest BCUT2D eigenvalue weighted by Gasteiger charge is -2.04. The minimum Gasteiger partial charge on any atom is -0.345 e. The molecule has 0 unspecified atom stereocenters. The highest BCUT2D eigenvalue weighted by molar-refractivity contribution is 5.79. The number of hydrogen-bond acceptors (Lipinski definition) is 3. The van der Waals surface area contributed by atoms with E-state index >= 15 is 0 Å². The number of nitrogens with zero attached hydrogens (tertiary/aromatic N) is 2. The molecule has 0 aliphatic carbocycles. The molecule has 0 saturated carbocycles. The summed E-state index contributed by atoms with van der Waals surface area (Å²) in [6.07, 6.45) is 3.45. The molecule has 2 heterocycles. The summed E-state index contributed by atoms with van der Waals surface area (Å²) in [5, 5.41) is 3.23. The summed E-state index contributed by atoms with van der Waals surface area (Å²) < 4.78 is 0. The van der Waals surface area contributed by atoms with Crippen LogP contribution in [0.2, 0.25) is 0 Å². The van der Waals surface area contributed by atoms with Crippen LogP contribution in [0, 0.1) is 0 Å². The minimum absolute atomic E-state index is 0.835. The molecule has 0 spiro atoms. The fourth-order valence-corrected chi connectivity index (χ4v) is 1.60. The van der Waals surface area contributed by atoms with E-state index < -0.39 is 0 Å². The molecular weight excluding hydrogens is 200 g/mol. The first-order valence-electron chi connectivity index (χ1n) is 5.03. The first kappa shape index (κ1) is 8.91. The van der Waals surface area contributed by atoms with E-state index in [4.69, 9.17) is 0 Å². The molecule has 4 nitrogen and oxygen atoms in total. The average Bonchev–Trinajstić information content (AvgIpc) is 2.77. The van der Waals surface area contributed by atoms with Gasteiger partial charge in [0.1, 0.15) is 5.82 Å². The molecular formula is C12H10N4. The lowest BCUT2D eigenvalue weighted by molar-refractivity contribution is 1.31. The Morgan fingerprint density at radius 3 is 2.94 bits per heavy atom. The second-order valence-corrected chi connectivity index (χ2v) is 3.47. The number of anilines is 2. The van der Waals surface area contributed by atoms with Gasteiger partial charge in [0, 0.05) is 11.9 Å². The van der Waals surface area contributed by atoms with Crippen molar-refractivity contribution in [3.8, 4) is 0 Å². The van der Waals surface area contributed by atoms with Gasteiger partial charge in [-0.1, -0.05) is 6.07 Å². The highest BCUT2D eigenvalue weighted by atomic mass is 15.0. The summed E-state index contributed by atoms with van der Waals surface area (Å²) in [6, 6.07) is 11.7. The highest BCUT2D eigenvalue weighted by Gasteiger charge is 1.98. The van der Waals surface area contributed by atoms with Gasteiger partial charge in [0.25, 0.3) is 0 Å². The number of nitrogens with one attached hydrogen (secondary N) is 2. The quantitative estimate of drug-likeness (QED) is 0.683. The van der Waals surface area contributed by atoms with Crippen LogP contribution in [0.3, 0.4) is 0 Å². The van der Waals surface area contributed by atoms with Gasteiger partial charge in [0.2, 0.25) is 0 Å². The third-order valence-electron chi connectivity index (χ3n) is 2.36. The van der Waals surface area contributed by atoms with Crippen LogP contribution in [-0.4, -0.2) is 15.0 Å². The number of benzene rings is 1. The number of hydrogen-bond donors (Lipinski definition) is 2. The second kappa shape index (κ2) is 3.66. The Morgan fingerprint density at radius 1 is 1.06 bits per heavy atom. The fraction of sp³-hybridized carbons (Fsp3) is 0. The fourth-order valence-electron chi connectivity index (χ4n) is 1.60. The van der Waals surface area contributed by atoms with Crippen molar-refractivity contribution in [3.63, 3.8) is 0 Å². The summed E-state index contributed by atoms with van der Waals surface area (Å²) in [7, 11) is 0. The first-order valence-corrected chi connectivity index (χ1v) is 5.03. The molecule has 2 aromatic heterocycles. The zero-order valence-corrected chi connectivity index (χ0v) is 8.51. The molecule has 0 fully saturated rings. The zero-order valence-electron chi connectivity index (χ0n) is 8.51. The van der Waals surface area contributed by atoms with Crippen LogP contribution in [0.4, 0.5) is 11.5 Å². The second-order valence-electron chi connectivity index (χ2n) is 3.47. The number of H-pyrrole nitrogens is 1. The number of aromatic nitrogens is 3. The molecule has 0 aliphatic heterocycles. The lowest BCUT2D eigenvalue weighted by atomic mass is 10.2. The number of rotatable bonds is 2. The summed E-state index contributed by atoms with van der Waals surface area (Å²) >= 11 is 0. The number of fused-ring (bicyclic) bond motifs is 1. The maximum absolute atomic E-state index is 4.20. The third kappa shape index (κ3) is 1.61. The summed E-state index contributed by atoms with van der Waals surface area (Å²) in [5.74, 6) is 0.835. The molecule has 0 radical (unpaired) electrons. The third-order valence-corrected chi connectivity index (χ3v) is 2.36. The van der Waals surface area contributed by atoms with Crippen LogP contribution < -0.4 is 5.32 Å². The Balaban J connectivity index is 1.94. The Morgan fingerprint density at radius 2 is 2.06 bits per heavy atom. The van der Waals surface area contributed by atoms with Gasteiger partial charge >= 0.3 is 0 Å². The van der Waals surface area contributed by atoms with Gasteiger partial charge in [-0.25, -0.2) is 9.97 Å². The number of pyridine rings is 1. The van der Waals surface area contributed by atoms with E-state index in [2.05, 4.69) is 20.3 Å². The van der Waals surface area contributed by atoms with Gasteiger partial charge in [0.15, 0.2) is 0 Å². The van der Waals surface area contributed by atoms with Crippen molar-refractivity contribution >= 4 is 22.5 Å². The van der Waals surface area contributed by atoms with Crippen LogP contribution in [0.5, 0.6) is 0 Å². The zero-order chi connectivity index (χ0) is 10.8. The Kier molecular flexibility index (Phi) is 2.04. The molecule has 16 heavy (non-hydrogen) atoms. The SMILES string of the molecule is c1ccc(Nc2ccc3nc[nH]c3c2)nc1. The monoisotopic (exact) mass is 210 g/mol. The maximum Gasteiger partial charge on any atom is 0.130 e. The topological polar surface area (TPSA) is 53.6 Å². The van der Waals surface area contributed by atoms with Crippen molar-refractivity contribution in [3.05, 3.63) is 48.9 Å². The summed E-state index contributed by atoms with van der Waals surface area (Å²) in [4.78, 5) is 11.4. The van der Waals surface area contributed by atoms with Crippen LogP contribution in [0.15, 0.2) is 48.9 Å². The number of aromatic amines is 1. The summed E-state index contributed by atoms with van der Waals surface area (Å²) in [5.41, 5.74) is 2.97. The lowest BCUT2D eigenvalue weighted by Crippen LogP contribution is -1.91. The minimum atomic E-state index is 0.835. The van der Waals surface area contributed by atoms with Gasteiger partial charge in [-0.15, -0.1) is 0 Å². The van der Waals surface area contributed by atoms with E-state index in [1.54, 1.807) is 12.5 Å². The smallest absolute Gasteiger partial charge is 0.130 e. The molecule has 0 atom stereocenters. The van der Waals surface area contributed by atoms with E-state index in [1.165, 1.54) is 0 Å². The van der Waals surface area contributed by atoms with Gasteiger partial charge in [0.05, 0.1) is 17.4 Å². The van der Waals surface area contributed by atoms with Gasteiger partial charge in [-0.3, -0.25) is 0 Å². The normalized spacial score (nSPS) is 10.5. The largest absolute Gasteiger partial charge is 0.345 e. The van der Waals surface area contributed by atoms with Crippen molar-refractivity contribution in [1.29, 1.82) is 0 Å². The molecule has 2 N–H and O–H groups in total. The van der Waals surface area contributed by atoms with Crippen molar-refractivity contribution in [1.82, 2.24) is 15.0 Å². The maximum atomic E-state index is 4.20. The predicted octanol–water partition coefficient (Wildman–Crippen LogP) is 2.70. The van der Waals surface area contributed by atoms with Gasteiger partial charge < -0.3 is 10.3 Å². The van der Waals surface area contributed by atoms with E-state index in [0.717, 1.165) is 22.5 Å². The van der Waals surface area contributed by atoms with E-state index in [9.17, 15) is 0 Å². The van der Waals surface area contributed by atoms with E-state index in [0.29, 0.717) is 0 Å². The molecule has 3 aromatic rings. The first-order chi connectivity index (χ1) is 7.92. The average molecular weight is 210 g/mol. The molecule has 3 rings (SSSR count). The van der Waals surface area contributed by atoms with Crippen LogP contribution >= 0.6 is 0 Å².